The van der Waals surface area contributed by atoms with Gasteiger partial charge in [0.15, 0.2) is 0 Å². The Morgan fingerprint density at radius 3 is 2.61 bits per heavy atom. The number of ether oxygens (including phenoxy) is 1. The second kappa shape index (κ2) is 8.12. The summed E-state index contributed by atoms with van der Waals surface area (Å²) in [5.74, 6) is 1.53. The predicted octanol–water partition coefficient (Wildman–Crippen LogP) is 3.20. The largest absolute Gasteiger partial charge is 0.497 e. The van der Waals surface area contributed by atoms with Gasteiger partial charge in [-0.3, -0.25) is 4.79 Å². The fourth-order valence-corrected chi connectivity index (χ4v) is 1.91. The van der Waals surface area contributed by atoms with Gasteiger partial charge in [-0.1, -0.05) is 13.8 Å². The molecule has 0 bridgehead atoms. The van der Waals surface area contributed by atoms with Gasteiger partial charge < -0.3 is 15.4 Å². The lowest BCUT2D eigenvalue weighted by molar-refractivity contribution is 0.102. The first-order chi connectivity index (χ1) is 11.1. The van der Waals surface area contributed by atoms with Gasteiger partial charge in [-0.05, 0) is 42.7 Å². The van der Waals surface area contributed by atoms with E-state index in [9.17, 15) is 4.79 Å². The number of rotatable bonds is 7. The summed E-state index contributed by atoms with van der Waals surface area (Å²) >= 11 is 0. The Labute approximate surface area is 136 Å². The van der Waals surface area contributed by atoms with Gasteiger partial charge in [-0.2, -0.15) is 0 Å². The third kappa shape index (κ3) is 5.25. The lowest BCUT2D eigenvalue weighted by atomic mass is 10.1. The number of aromatic nitrogens is 2. The molecule has 1 aromatic carbocycles. The standard InChI is InChI=1S/C17H22N4O2/c1-12(2)8-10-18-17-19-11-9-15(21-17)16(22)20-13-4-6-14(23-3)7-5-13/h4-7,9,11-12H,8,10H2,1-3H3,(H,20,22)(H,18,19,21). The van der Waals surface area contributed by atoms with Crippen molar-refractivity contribution in [3.8, 4) is 5.75 Å². The number of methoxy groups -OCH3 is 1. The van der Waals surface area contributed by atoms with Crippen LogP contribution in [0.3, 0.4) is 0 Å². The molecule has 1 heterocycles. The number of nitrogens with one attached hydrogen (secondary N) is 2. The van der Waals surface area contributed by atoms with E-state index >= 15 is 0 Å². The van der Waals surface area contributed by atoms with Crippen molar-refractivity contribution in [2.75, 3.05) is 24.3 Å². The van der Waals surface area contributed by atoms with Crippen LogP contribution < -0.4 is 15.4 Å². The molecule has 2 rings (SSSR count). The molecule has 0 atom stereocenters. The third-order valence-electron chi connectivity index (χ3n) is 3.24. The van der Waals surface area contributed by atoms with Crippen LogP contribution in [0, 0.1) is 5.92 Å². The van der Waals surface area contributed by atoms with Gasteiger partial charge in [0.05, 0.1) is 7.11 Å². The molecule has 0 radical (unpaired) electrons. The molecule has 6 nitrogen and oxygen atoms in total. The topological polar surface area (TPSA) is 76.1 Å². The van der Waals surface area contributed by atoms with E-state index in [1.54, 1.807) is 43.6 Å². The Morgan fingerprint density at radius 2 is 1.96 bits per heavy atom. The van der Waals surface area contributed by atoms with Crippen LogP contribution in [0.15, 0.2) is 36.5 Å². The van der Waals surface area contributed by atoms with Gasteiger partial charge in [0.2, 0.25) is 5.95 Å². The van der Waals surface area contributed by atoms with Crippen molar-refractivity contribution in [3.05, 3.63) is 42.2 Å². The normalized spacial score (nSPS) is 10.4. The number of nitrogens with zero attached hydrogens (tertiary/aromatic N) is 2. The Balaban J connectivity index is 1.98. The lowest BCUT2D eigenvalue weighted by Crippen LogP contribution is -2.16. The minimum atomic E-state index is -0.274. The van der Waals surface area contributed by atoms with Crippen LogP contribution in [0.5, 0.6) is 5.75 Å². The second-order valence-corrected chi connectivity index (χ2v) is 5.56. The van der Waals surface area contributed by atoms with E-state index < -0.39 is 0 Å². The van der Waals surface area contributed by atoms with Gasteiger partial charge in [0.25, 0.3) is 5.91 Å². The molecule has 0 saturated carbocycles. The summed E-state index contributed by atoms with van der Waals surface area (Å²) in [6, 6.07) is 8.72. The number of anilines is 2. The summed E-state index contributed by atoms with van der Waals surface area (Å²) in [4.78, 5) is 20.6. The van der Waals surface area contributed by atoms with E-state index in [4.69, 9.17) is 4.74 Å². The molecule has 0 spiro atoms. The molecule has 6 heteroatoms. The van der Waals surface area contributed by atoms with Crippen LogP contribution in [0.1, 0.15) is 30.8 Å². The van der Waals surface area contributed by atoms with Crippen molar-refractivity contribution in [2.24, 2.45) is 5.92 Å². The van der Waals surface area contributed by atoms with Crippen LogP contribution in [0.2, 0.25) is 0 Å². The highest BCUT2D eigenvalue weighted by Crippen LogP contribution is 2.15. The van der Waals surface area contributed by atoms with E-state index in [1.807, 2.05) is 0 Å². The minimum Gasteiger partial charge on any atom is -0.497 e. The van der Waals surface area contributed by atoms with E-state index in [0.717, 1.165) is 18.7 Å². The highest BCUT2D eigenvalue weighted by atomic mass is 16.5. The molecular formula is C17H22N4O2. The monoisotopic (exact) mass is 314 g/mol. The van der Waals surface area contributed by atoms with Gasteiger partial charge in [-0.25, -0.2) is 9.97 Å². The van der Waals surface area contributed by atoms with Crippen LogP contribution in [-0.2, 0) is 0 Å². The zero-order valence-electron chi connectivity index (χ0n) is 13.7. The van der Waals surface area contributed by atoms with Gasteiger partial charge in [0, 0.05) is 18.4 Å². The average molecular weight is 314 g/mol. The summed E-state index contributed by atoms with van der Waals surface area (Å²) < 4.78 is 5.09. The maximum absolute atomic E-state index is 12.2. The van der Waals surface area contributed by atoms with Gasteiger partial charge in [-0.15, -0.1) is 0 Å². The molecule has 122 valence electrons. The number of carbonyl (C=O) groups excluding carboxylic acids is 1. The molecular weight excluding hydrogens is 292 g/mol. The summed E-state index contributed by atoms with van der Waals surface area (Å²) in [6.07, 6.45) is 2.60. The quantitative estimate of drug-likeness (QED) is 0.821. The Hall–Kier alpha value is -2.63. The van der Waals surface area contributed by atoms with Crippen LogP contribution in [-0.4, -0.2) is 29.5 Å². The highest BCUT2D eigenvalue weighted by Gasteiger charge is 2.09. The van der Waals surface area contributed by atoms with E-state index in [1.165, 1.54) is 0 Å². The molecule has 1 amide bonds. The Bertz CT molecular complexity index is 641. The van der Waals surface area contributed by atoms with Crippen molar-refractivity contribution in [1.82, 2.24) is 9.97 Å². The smallest absolute Gasteiger partial charge is 0.274 e. The highest BCUT2D eigenvalue weighted by molar-refractivity contribution is 6.02. The number of amides is 1. The van der Waals surface area contributed by atoms with Crippen molar-refractivity contribution >= 4 is 17.5 Å². The number of benzene rings is 1. The molecule has 2 aromatic rings. The summed E-state index contributed by atoms with van der Waals surface area (Å²) in [6.45, 7) is 5.09. The number of hydrogen-bond acceptors (Lipinski definition) is 5. The molecule has 0 fully saturated rings. The van der Waals surface area contributed by atoms with Crippen molar-refractivity contribution < 1.29 is 9.53 Å². The lowest BCUT2D eigenvalue weighted by Gasteiger charge is -2.09. The van der Waals surface area contributed by atoms with Gasteiger partial charge in [0.1, 0.15) is 11.4 Å². The summed E-state index contributed by atoms with van der Waals surface area (Å²) in [5, 5.41) is 5.93. The molecule has 1 aromatic heterocycles. The van der Waals surface area contributed by atoms with Crippen LogP contribution >= 0.6 is 0 Å². The molecule has 0 aliphatic carbocycles. The molecule has 0 aliphatic rings. The predicted molar refractivity (Wildman–Crippen MR) is 90.9 cm³/mol. The molecule has 0 saturated heterocycles. The van der Waals surface area contributed by atoms with Crippen molar-refractivity contribution in [1.29, 1.82) is 0 Å². The van der Waals surface area contributed by atoms with E-state index in [2.05, 4.69) is 34.4 Å². The molecule has 2 N–H and O–H groups in total. The third-order valence-corrected chi connectivity index (χ3v) is 3.24. The fourth-order valence-electron chi connectivity index (χ4n) is 1.91. The van der Waals surface area contributed by atoms with Crippen LogP contribution in [0.4, 0.5) is 11.6 Å². The first-order valence-corrected chi connectivity index (χ1v) is 7.61. The maximum atomic E-state index is 12.2. The summed E-state index contributed by atoms with van der Waals surface area (Å²) in [5.41, 5.74) is 1.01. The SMILES string of the molecule is COc1ccc(NC(=O)c2ccnc(NCCC(C)C)n2)cc1. The zero-order valence-corrected chi connectivity index (χ0v) is 13.7. The summed E-state index contributed by atoms with van der Waals surface area (Å²) in [7, 11) is 1.60. The van der Waals surface area contributed by atoms with Crippen molar-refractivity contribution in [3.63, 3.8) is 0 Å². The minimum absolute atomic E-state index is 0.274. The first-order valence-electron chi connectivity index (χ1n) is 7.61. The molecule has 0 aliphatic heterocycles. The zero-order chi connectivity index (χ0) is 16.7. The first kappa shape index (κ1) is 16.7. The second-order valence-electron chi connectivity index (χ2n) is 5.56. The van der Waals surface area contributed by atoms with Crippen LogP contribution in [0.25, 0.3) is 0 Å². The fraction of sp³-hybridized carbons (Fsp3) is 0.353. The van der Waals surface area contributed by atoms with E-state index in [0.29, 0.717) is 23.2 Å². The Kier molecular flexibility index (Phi) is 5.91. The molecule has 0 unspecified atom stereocenters. The number of hydrogen-bond donors (Lipinski definition) is 2. The van der Waals surface area contributed by atoms with E-state index in [-0.39, 0.29) is 5.91 Å². The number of carbonyl (C=O) groups is 1. The van der Waals surface area contributed by atoms with Crippen molar-refractivity contribution in [2.45, 2.75) is 20.3 Å². The maximum Gasteiger partial charge on any atom is 0.274 e. The molecule has 23 heavy (non-hydrogen) atoms. The average Bonchev–Trinajstić information content (AvgIpc) is 2.55. The Morgan fingerprint density at radius 1 is 1.22 bits per heavy atom. The van der Waals surface area contributed by atoms with Gasteiger partial charge >= 0.3 is 0 Å².